The van der Waals surface area contributed by atoms with E-state index in [4.69, 9.17) is 19.3 Å². The van der Waals surface area contributed by atoms with Gasteiger partial charge in [-0.2, -0.15) is 0 Å². The summed E-state index contributed by atoms with van der Waals surface area (Å²) in [5, 5.41) is 8.73. The lowest BCUT2D eigenvalue weighted by molar-refractivity contribution is -0.171. The average Bonchev–Trinajstić information content (AvgIpc) is 3.03. The van der Waals surface area contributed by atoms with E-state index in [1.807, 2.05) is 6.08 Å². The van der Waals surface area contributed by atoms with E-state index in [1.165, 1.54) is 91.6 Å². The molecule has 1 unspecified atom stereocenters. The first kappa shape index (κ1) is 44.6. The minimum Gasteiger partial charge on any atom is -0.481 e. The fraction of sp³-hybridized carbons (Fsp3) is 0.846. The van der Waals surface area contributed by atoms with Crippen LogP contribution in [0.15, 0.2) is 11.6 Å². The number of methoxy groups -OCH3 is 1. The van der Waals surface area contributed by atoms with Crippen molar-refractivity contribution in [3.05, 3.63) is 11.6 Å². The molecular formula is C39H70O8. The van der Waals surface area contributed by atoms with Gasteiger partial charge in [-0.15, -0.1) is 0 Å². The summed E-state index contributed by atoms with van der Waals surface area (Å²) in [5.41, 5.74) is -0.453. The zero-order chi connectivity index (χ0) is 35.0. The fourth-order valence-corrected chi connectivity index (χ4v) is 6.09. The summed E-state index contributed by atoms with van der Waals surface area (Å²) in [6.07, 6.45) is 30.1. The largest absolute Gasteiger partial charge is 0.481 e. The van der Waals surface area contributed by atoms with Gasteiger partial charge >= 0.3 is 23.9 Å². The van der Waals surface area contributed by atoms with Gasteiger partial charge in [-0.1, -0.05) is 141 Å². The molecule has 0 aromatic rings. The van der Waals surface area contributed by atoms with Crippen LogP contribution in [0.3, 0.4) is 0 Å². The summed E-state index contributed by atoms with van der Waals surface area (Å²) >= 11 is 0. The second kappa shape index (κ2) is 30.9. The van der Waals surface area contributed by atoms with Gasteiger partial charge in [-0.3, -0.25) is 14.4 Å². The van der Waals surface area contributed by atoms with E-state index in [0.717, 1.165) is 77.0 Å². The van der Waals surface area contributed by atoms with Gasteiger partial charge in [0.25, 0.3) is 0 Å². The topological polar surface area (TPSA) is 116 Å². The summed E-state index contributed by atoms with van der Waals surface area (Å²) in [5.74, 6) is -1.98. The molecule has 8 nitrogen and oxygen atoms in total. The van der Waals surface area contributed by atoms with E-state index in [0.29, 0.717) is 18.4 Å². The van der Waals surface area contributed by atoms with Crippen LogP contribution in [0.4, 0.5) is 0 Å². The normalized spacial score (nSPS) is 12.8. The molecule has 8 heteroatoms. The lowest BCUT2D eigenvalue weighted by Crippen LogP contribution is -2.40. The van der Waals surface area contributed by atoms with E-state index < -0.39 is 23.5 Å². The molecule has 0 aliphatic rings. The Morgan fingerprint density at radius 1 is 0.596 bits per heavy atom. The number of unbranched alkanes of at least 4 members (excludes halogenated alkanes) is 21. The molecule has 1 atom stereocenters. The molecule has 0 fully saturated rings. The standard InChI is InChI=1S/C39H70O8/c1-5-6-7-8-9-10-11-12-13-14-16-19-22-25-28-36(38(44)45-4)30-32-39(47-35(3)41,33-46-34(2)40)31-27-24-21-18-15-17-20-23-26-29-37(42)43/h30H,5-29,31-33H2,1-4H3,(H,42,43)/b36-30-. The van der Waals surface area contributed by atoms with Crippen LogP contribution < -0.4 is 0 Å². The first-order chi connectivity index (χ1) is 22.7. The van der Waals surface area contributed by atoms with Gasteiger partial charge in [0.1, 0.15) is 12.2 Å². The van der Waals surface area contributed by atoms with E-state index in [2.05, 4.69) is 6.92 Å². The third kappa shape index (κ3) is 28.4. The molecule has 0 aliphatic carbocycles. The van der Waals surface area contributed by atoms with Gasteiger partial charge in [0.05, 0.1) is 7.11 Å². The number of aliphatic carboxylic acids is 1. The highest BCUT2D eigenvalue weighted by Crippen LogP contribution is 2.28. The molecule has 0 aromatic heterocycles. The van der Waals surface area contributed by atoms with Gasteiger partial charge < -0.3 is 19.3 Å². The minimum atomic E-state index is -1.03. The second-order valence-corrected chi connectivity index (χ2v) is 13.4. The molecule has 0 saturated heterocycles. The third-order valence-electron chi connectivity index (χ3n) is 8.89. The van der Waals surface area contributed by atoms with Crippen LogP contribution >= 0.6 is 0 Å². The average molecular weight is 667 g/mol. The van der Waals surface area contributed by atoms with Crippen molar-refractivity contribution in [3.63, 3.8) is 0 Å². The van der Waals surface area contributed by atoms with Crippen molar-refractivity contribution in [2.45, 2.75) is 200 Å². The van der Waals surface area contributed by atoms with Crippen LogP contribution in [0, 0.1) is 0 Å². The number of hydrogen-bond acceptors (Lipinski definition) is 7. The molecule has 0 amide bonds. The Labute approximate surface area is 287 Å². The van der Waals surface area contributed by atoms with Crippen LogP contribution in [-0.2, 0) is 33.4 Å². The van der Waals surface area contributed by atoms with E-state index in [1.54, 1.807) is 0 Å². The Hall–Kier alpha value is -2.38. The van der Waals surface area contributed by atoms with Crippen LogP contribution in [-0.4, -0.2) is 48.3 Å². The summed E-state index contributed by atoms with van der Waals surface area (Å²) in [6.45, 7) is 4.90. The van der Waals surface area contributed by atoms with Crippen LogP contribution in [0.5, 0.6) is 0 Å². The van der Waals surface area contributed by atoms with Crippen molar-refractivity contribution in [2.24, 2.45) is 0 Å². The monoisotopic (exact) mass is 667 g/mol. The zero-order valence-corrected chi connectivity index (χ0v) is 30.7. The van der Waals surface area contributed by atoms with Crippen molar-refractivity contribution in [1.82, 2.24) is 0 Å². The Kier molecular flexibility index (Phi) is 29.4. The van der Waals surface area contributed by atoms with Gasteiger partial charge in [0.2, 0.25) is 0 Å². The number of carboxylic acids is 1. The lowest BCUT2D eigenvalue weighted by Gasteiger charge is -2.32. The number of ether oxygens (including phenoxy) is 3. The summed E-state index contributed by atoms with van der Waals surface area (Å²) in [7, 11) is 1.38. The Bertz CT molecular complexity index is 852. The van der Waals surface area contributed by atoms with Crippen molar-refractivity contribution in [2.75, 3.05) is 13.7 Å². The molecule has 0 spiro atoms. The van der Waals surface area contributed by atoms with Crippen molar-refractivity contribution >= 4 is 23.9 Å². The molecular weight excluding hydrogens is 596 g/mol. The molecule has 0 bridgehead atoms. The molecule has 1 N–H and O–H groups in total. The molecule has 0 saturated carbocycles. The first-order valence-electron chi connectivity index (χ1n) is 19.0. The van der Waals surface area contributed by atoms with Gasteiger partial charge in [-0.05, 0) is 32.1 Å². The maximum atomic E-state index is 12.6. The highest BCUT2D eigenvalue weighted by atomic mass is 16.6. The van der Waals surface area contributed by atoms with Crippen LogP contribution in [0.25, 0.3) is 0 Å². The number of carbonyl (C=O) groups is 4. The Morgan fingerprint density at radius 2 is 1.02 bits per heavy atom. The predicted molar refractivity (Wildman–Crippen MR) is 189 cm³/mol. The van der Waals surface area contributed by atoms with E-state index >= 15 is 0 Å². The number of hydrogen-bond donors (Lipinski definition) is 1. The number of esters is 3. The molecule has 47 heavy (non-hydrogen) atoms. The Morgan fingerprint density at radius 3 is 1.43 bits per heavy atom. The number of rotatable bonds is 33. The highest BCUT2D eigenvalue weighted by Gasteiger charge is 2.34. The Balaban J connectivity index is 4.76. The minimum absolute atomic E-state index is 0.0535. The first-order valence-corrected chi connectivity index (χ1v) is 19.0. The summed E-state index contributed by atoms with van der Waals surface area (Å²) in [6, 6.07) is 0. The number of carboxylic acid groups (broad SMARTS) is 1. The molecule has 274 valence electrons. The van der Waals surface area contributed by atoms with Gasteiger partial charge in [-0.25, -0.2) is 4.79 Å². The number of carbonyl (C=O) groups excluding carboxylic acids is 3. The molecule has 0 rings (SSSR count). The lowest BCUT2D eigenvalue weighted by atomic mass is 9.90. The smallest absolute Gasteiger partial charge is 0.333 e. The maximum Gasteiger partial charge on any atom is 0.333 e. The second-order valence-electron chi connectivity index (χ2n) is 13.4. The molecule has 0 aliphatic heterocycles. The van der Waals surface area contributed by atoms with Crippen LogP contribution in [0.2, 0.25) is 0 Å². The van der Waals surface area contributed by atoms with Gasteiger partial charge in [0.15, 0.2) is 0 Å². The van der Waals surface area contributed by atoms with Crippen LogP contribution in [0.1, 0.15) is 194 Å². The summed E-state index contributed by atoms with van der Waals surface area (Å²) in [4.78, 5) is 47.2. The highest BCUT2D eigenvalue weighted by molar-refractivity contribution is 5.88. The van der Waals surface area contributed by atoms with E-state index in [9.17, 15) is 19.2 Å². The molecule has 0 aromatic carbocycles. The van der Waals surface area contributed by atoms with Crippen molar-refractivity contribution < 1.29 is 38.5 Å². The molecule has 0 heterocycles. The molecule has 0 radical (unpaired) electrons. The zero-order valence-electron chi connectivity index (χ0n) is 30.7. The predicted octanol–water partition coefficient (Wildman–Crippen LogP) is 10.6. The van der Waals surface area contributed by atoms with E-state index in [-0.39, 0.29) is 25.4 Å². The van der Waals surface area contributed by atoms with Crippen molar-refractivity contribution in [3.8, 4) is 0 Å². The quantitative estimate of drug-likeness (QED) is 0.0318. The third-order valence-corrected chi connectivity index (χ3v) is 8.89. The SMILES string of the molecule is CCCCCCCCCCCCCCCC/C(=C/CC(CCCCCCCCCCCC(=O)O)(COC(C)=O)OC(C)=O)C(=O)OC. The fourth-order valence-electron chi connectivity index (χ4n) is 6.09. The van der Waals surface area contributed by atoms with Gasteiger partial charge in [0, 0.05) is 32.3 Å². The van der Waals surface area contributed by atoms with Crippen molar-refractivity contribution in [1.29, 1.82) is 0 Å². The summed E-state index contributed by atoms with van der Waals surface area (Å²) < 4.78 is 16.3. The maximum absolute atomic E-state index is 12.6.